The summed E-state index contributed by atoms with van der Waals surface area (Å²) in [6.45, 7) is 0. The second-order valence-electron chi connectivity index (χ2n) is 15.4. The first-order chi connectivity index (χ1) is 27.3. The van der Waals surface area contributed by atoms with Gasteiger partial charge in [-0.2, -0.15) is 0 Å². The zero-order valence-corrected chi connectivity index (χ0v) is 31.0. The van der Waals surface area contributed by atoms with Crippen molar-refractivity contribution in [3.8, 4) is 22.3 Å². The average Bonchev–Trinajstić information content (AvgIpc) is 3.88. The monoisotopic (exact) mass is 719 g/mol. The van der Waals surface area contributed by atoms with Gasteiger partial charge in [-0.05, 0) is 85.1 Å². The number of allylic oxidation sites excluding steroid dienone is 4. The van der Waals surface area contributed by atoms with Crippen molar-refractivity contribution in [2.75, 3.05) is 4.90 Å². The molecule has 4 unspecified atom stereocenters. The van der Waals surface area contributed by atoms with Crippen LogP contribution in [-0.2, 0) is 5.41 Å². The van der Waals surface area contributed by atoms with Crippen LogP contribution < -0.4 is 4.90 Å². The van der Waals surface area contributed by atoms with Crippen LogP contribution in [0.2, 0.25) is 0 Å². The van der Waals surface area contributed by atoms with E-state index in [1.165, 1.54) is 82.7 Å². The molecule has 2 heteroatoms. The van der Waals surface area contributed by atoms with Gasteiger partial charge in [-0.15, -0.1) is 11.8 Å². The van der Waals surface area contributed by atoms with Crippen LogP contribution in [-0.4, -0.2) is 11.3 Å². The highest BCUT2D eigenvalue weighted by Gasteiger charge is 2.57. The highest BCUT2D eigenvalue weighted by molar-refractivity contribution is 8.00. The third-order valence-corrected chi connectivity index (χ3v) is 14.2. The van der Waals surface area contributed by atoms with Gasteiger partial charge in [0.05, 0.1) is 17.1 Å². The zero-order valence-electron chi connectivity index (χ0n) is 30.2. The summed E-state index contributed by atoms with van der Waals surface area (Å²) in [7, 11) is 0. The molecule has 0 saturated heterocycles. The molecule has 5 aliphatic rings. The fourth-order valence-corrected chi connectivity index (χ4v) is 12.1. The van der Waals surface area contributed by atoms with Crippen LogP contribution in [0.3, 0.4) is 0 Å². The summed E-state index contributed by atoms with van der Waals surface area (Å²) in [4.78, 5) is 4.11. The Morgan fingerprint density at radius 3 is 2.05 bits per heavy atom. The van der Waals surface area contributed by atoms with E-state index in [-0.39, 0.29) is 17.4 Å². The smallest absolute Gasteiger partial charge is 0.0686 e. The van der Waals surface area contributed by atoms with Crippen molar-refractivity contribution in [3.05, 3.63) is 239 Å². The van der Waals surface area contributed by atoms with Crippen LogP contribution in [0.4, 0.5) is 5.69 Å². The van der Waals surface area contributed by atoms with Gasteiger partial charge < -0.3 is 4.90 Å². The lowest BCUT2D eigenvalue weighted by molar-refractivity contribution is 0.621. The molecule has 1 spiro atoms. The normalized spacial score (nSPS) is 21.6. The maximum atomic E-state index is 2.71. The minimum Gasteiger partial charge on any atom is -0.333 e. The van der Waals surface area contributed by atoms with Crippen molar-refractivity contribution < 1.29 is 0 Å². The van der Waals surface area contributed by atoms with E-state index < -0.39 is 0 Å². The summed E-state index contributed by atoms with van der Waals surface area (Å²) in [5.74, 6) is 0.493. The molecule has 0 amide bonds. The molecule has 4 atom stereocenters. The second kappa shape index (κ2) is 12.0. The number of benzene rings is 7. The second-order valence-corrected chi connectivity index (χ2v) is 16.6. The van der Waals surface area contributed by atoms with Gasteiger partial charge in [0.2, 0.25) is 0 Å². The van der Waals surface area contributed by atoms with Gasteiger partial charge >= 0.3 is 0 Å². The number of hydrogen-bond acceptors (Lipinski definition) is 2. The van der Waals surface area contributed by atoms with Crippen LogP contribution in [0.15, 0.2) is 216 Å². The fourth-order valence-electron chi connectivity index (χ4n) is 10.8. The minimum atomic E-state index is -0.362. The molecule has 12 rings (SSSR count). The Morgan fingerprint density at radius 1 is 0.564 bits per heavy atom. The Hall–Kier alpha value is -6.09. The van der Waals surface area contributed by atoms with Crippen molar-refractivity contribution in [2.24, 2.45) is 0 Å². The number of anilines is 1. The van der Waals surface area contributed by atoms with Crippen LogP contribution >= 0.6 is 11.8 Å². The largest absolute Gasteiger partial charge is 0.333 e. The lowest BCUT2D eigenvalue weighted by atomic mass is 9.68. The Balaban J connectivity index is 1.11. The Bertz CT molecular complexity index is 2790. The van der Waals surface area contributed by atoms with Crippen LogP contribution in [0.25, 0.3) is 33.0 Å². The summed E-state index contributed by atoms with van der Waals surface area (Å²) in [5.41, 5.74) is 15.9. The number of thioether (sulfide) groups is 1. The molecule has 0 saturated carbocycles. The van der Waals surface area contributed by atoms with Gasteiger partial charge in [-0.1, -0.05) is 176 Å². The van der Waals surface area contributed by atoms with E-state index in [2.05, 4.69) is 205 Å². The van der Waals surface area contributed by atoms with Gasteiger partial charge in [0.15, 0.2) is 0 Å². The molecule has 1 nitrogen and oxygen atoms in total. The van der Waals surface area contributed by atoms with Crippen molar-refractivity contribution in [2.45, 2.75) is 33.4 Å². The highest BCUT2D eigenvalue weighted by Crippen LogP contribution is 2.66. The predicted molar refractivity (Wildman–Crippen MR) is 230 cm³/mol. The molecule has 260 valence electrons. The van der Waals surface area contributed by atoms with Crippen molar-refractivity contribution in [1.29, 1.82) is 0 Å². The molecular formula is C53H37NS. The quantitative estimate of drug-likeness (QED) is 0.178. The SMILES string of the molecule is C1=CC(N(C2=CC3Sc4ccccc4C3C=C2)c2ccc3ccccc3c2-c2ccccc2)C2C(=C1)C1(c3ccccc3-c3ccccc31)c1ccccc12. The summed E-state index contributed by atoms with van der Waals surface area (Å²) >= 11 is 2.01. The first-order valence-electron chi connectivity index (χ1n) is 19.5. The van der Waals surface area contributed by atoms with Crippen LogP contribution in [0, 0.1) is 0 Å². The first kappa shape index (κ1) is 31.3. The average molecular weight is 720 g/mol. The van der Waals surface area contributed by atoms with Gasteiger partial charge in [0, 0.05) is 33.2 Å². The van der Waals surface area contributed by atoms with E-state index in [9.17, 15) is 0 Å². The van der Waals surface area contributed by atoms with E-state index in [0.29, 0.717) is 11.2 Å². The standard InChI is InChI=1S/C53H37NS/c1-2-16-35(17-3-1)51-37-18-5-4-15-34(37)29-32-48(51)54(36-30-31-41-40-21-9-13-28-49(40)55-50(41)33-36)47-27-14-26-46-52(47)42-22-8-12-25-45(42)53(46)43-23-10-6-19-38(43)39-20-7-11-24-44(39)53/h1-33,41,47,50,52H. The Morgan fingerprint density at radius 2 is 1.24 bits per heavy atom. The molecule has 0 aromatic heterocycles. The number of fused-ring (bicyclic) bond motifs is 14. The summed E-state index contributed by atoms with van der Waals surface area (Å²) in [5, 5.41) is 2.86. The fraction of sp³-hybridized carbons (Fsp3) is 0.0943. The molecule has 0 N–H and O–H groups in total. The maximum Gasteiger partial charge on any atom is 0.0686 e. The van der Waals surface area contributed by atoms with Crippen molar-refractivity contribution in [3.63, 3.8) is 0 Å². The van der Waals surface area contributed by atoms with Gasteiger partial charge in [-0.3, -0.25) is 0 Å². The van der Waals surface area contributed by atoms with Crippen molar-refractivity contribution in [1.82, 2.24) is 0 Å². The zero-order chi connectivity index (χ0) is 36.1. The highest BCUT2D eigenvalue weighted by atomic mass is 32.2. The Labute approximate surface area is 326 Å². The maximum absolute atomic E-state index is 2.71. The van der Waals surface area contributed by atoms with Crippen LogP contribution in [0.5, 0.6) is 0 Å². The molecule has 55 heavy (non-hydrogen) atoms. The van der Waals surface area contributed by atoms with Gasteiger partial charge in [-0.25, -0.2) is 0 Å². The van der Waals surface area contributed by atoms with Crippen LogP contribution in [0.1, 0.15) is 39.7 Å². The lowest BCUT2D eigenvalue weighted by Gasteiger charge is -2.42. The van der Waals surface area contributed by atoms with E-state index in [1.54, 1.807) is 0 Å². The molecule has 0 bridgehead atoms. The first-order valence-corrected chi connectivity index (χ1v) is 20.4. The third-order valence-electron chi connectivity index (χ3n) is 12.9. The minimum absolute atomic E-state index is 0.0188. The topological polar surface area (TPSA) is 3.24 Å². The van der Waals surface area contributed by atoms with Crippen molar-refractivity contribution >= 4 is 28.2 Å². The van der Waals surface area contributed by atoms with Gasteiger partial charge in [0.1, 0.15) is 0 Å². The Kier molecular flexibility index (Phi) is 6.80. The van der Waals surface area contributed by atoms with E-state index in [0.717, 1.165) is 0 Å². The molecule has 7 aromatic carbocycles. The third kappa shape index (κ3) is 4.32. The molecule has 7 aromatic rings. The van der Waals surface area contributed by atoms with E-state index >= 15 is 0 Å². The summed E-state index contributed by atoms with van der Waals surface area (Å²) in [6.07, 6.45) is 14.8. The van der Waals surface area contributed by atoms with E-state index in [1.807, 2.05) is 11.8 Å². The number of nitrogens with zero attached hydrogens (tertiary/aromatic N) is 1. The van der Waals surface area contributed by atoms with E-state index in [4.69, 9.17) is 0 Å². The molecular weight excluding hydrogens is 683 g/mol. The van der Waals surface area contributed by atoms with Gasteiger partial charge in [0.25, 0.3) is 0 Å². The summed E-state index contributed by atoms with van der Waals surface area (Å²) in [6, 6.07) is 61.3. The molecule has 1 aliphatic heterocycles. The number of hydrogen-bond donors (Lipinski definition) is 0. The molecule has 0 fully saturated rings. The molecule has 0 radical (unpaired) electrons. The number of rotatable bonds is 4. The predicted octanol–water partition coefficient (Wildman–Crippen LogP) is 13.0. The molecule has 4 aliphatic carbocycles. The lowest BCUT2D eigenvalue weighted by Crippen LogP contribution is -2.41. The molecule has 1 heterocycles. The summed E-state index contributed by atoms with van der Waals surface area (Å²) < 4.78 is 0.